The number of hydrogen-bond donors (Lipinski definition) is 1. The van der Waals surface area contributed by atoms with E-state index in [-0.39, 0.29) is 0 Å². The lowest BCUT2D eigenvalue weighted by molar-refractivity contribution is 0.472. The van der Waals surface area contributed by atoms with E-state index in [9.17, 15) is 0 Å². The summed E-state index contributed by atoms with van der Waals surface area (Å²) in [5.74, 6) is 2.59. The van der Waals surface area contributed by atoms with Crippen LogP contribution < -0.4 is 5.32 Å². The van der Waals surface area contributed by atoms with Gasteiger partial charge in [-0.05, 0) is 54.7 Å². The third kappa shape index (κ3) is 2.24. The van der Waals surface area contributed by atoms with Gasteiger partial charge < -0.3 is 5.32 Å². The molecule has 0 aromatic heterocycles. The van der Waals surface area contributed by atoms with Crippen molar-refractivity contribution in [2.45, 2.75) is 26.2 Å². The maximum Gasteiger partial charge on any atom is 0.0343 e. The van der Waals surface area contributed by atoms with E-state index in [1.54, 1.807) is 0 Å². The first-order valence-corrected chi connectivity index (χ1v) is 6.86. The van der Waals surface area contributed by atoms with Crippen LogP contribution in [0, 0.1) is 17.8 Å². The molecule has 0 saturated heterocycles. The van der Waals surface area contributed by atoms with Crippen LogP contribution in [0.25, 0.3) is 0 Å². The molecule has 1 heteroatoms. The van der Waals surface area contributed by atoms with Crippen molar-refractivity contribution in [3.05, 3.63) is 42.0 Å². The SMILES string of the molecule is CCc1cccc(NCC2CC3C=CC2C3)c1. The highest BCUT2D eigenvalue weighted by Gasteiger charge is 2.35. The van der Waals surface area contributed by atoms with E-state index in [0.29, 0.717) is 0 Å². The Bertz CT molecular complexity index is 421. The molecule has 0 radical (unpaired) electrons. The van der Waals surface area contributed by atoms with Gasteiger partial charge in [-0.25, -0.2) is 0 Å². The molecule has 0 heterocycles. The maximum atomic E-state index is 3.61. The van der Waals surface area contributed by atoms with E-state index < -0.39 is 0 Å². The second-order valence-corrected chi connectivity index (χ2v) is 5.48. The minimum absolute atomic E-state index is 0.849. The molecule has 1 aromatic rings. The highest BCUT2D eigenvalue weighted by molar-refractivity contribution is 5.45. The van der Waals surface area contributed by atoms with Crippen LogP contribution in [0.15, 0.2) is 36.4 Å². The third-order valence-electron chi connectivity index (χ3n) is 4.32. The number of fused-ring (bicyclic) bond motifs is 2. The van der Waals surface area contributed by atoms with Crippen molar-refractivity contribution < 1.29 is 0 Å². The first-order valence-electron chi connectivity index (χ1n) is 6.86. The molecule has 90 valence electrons. The molecule has 1 aromatic carbocycles. The Balaban J connectivity index is 1.58. The lowest BCUT2D eigenvalue weighted by atomic mass is 9.93. The third-order valence-corrected chi connectivity index (χ3v) is 4.32. The highest BCUT2D eigenvalue weighted by atomic mass is 14.9. The fraction of sp³-hybridized carbons (Fsp3) is 0.500. The Labute approximate surface area is 104 Å². The fourth-order valence-electron chi connectivity index (χ4n) is 3.28. The first kappa shape index (κ1) is 10.9. The van der Waals surface area contributed by atoms with Crippen molar-refractivity contribution in [2.75, 3.05) is 11.9 Å². The van der Waals surface area contributed by atoms with Crippen LogP contribution in [-0.2, 0) is 6.42 Å². The zero-order valence-corrected chi connectivity index (χ0v) is 10.5. The minimum Gasteiger partial charge on any atom is -0.385 e. The van der Waals surface area contributed by atoms with Crippen LogP contribution in [-0.4, -0.2) is 6.54 Å². The number of aryl methyl sites for hydroxylation is 1. The van der Waals surface area contributed by atoms with Gasteiger partial charge in [0.25, 0.3) is 0 Å². The molecule has 0 spiro atoms. The average Bonchev–Trinajstić information content (AvgIpc) is 2.99. The lowest BCUT2D eigenvalue weighted by Gasteiger charge is -2.19. The van der Waals surface area contributed by atoms with Crippen molar-refractivity contribution in [1.82, 2.24) is 0 Å². The molecule has 3 unspecified atom stereocenters. The molecular formula is C16H21N. The van der Waals surface area contributed by atoms with Crippen LogP contribution in [0.3, 0.4) is 0 Å². The van der Waals surface area contributed by atoms with Gasteiger partial charge in [0.1, 0.15) is 0 Å². The average molecular weight is 227 g/mol. The van der Waals surface area contributed by atoms with Gasteiger partial charge in [0.05, 0.1) is 0 Å². The summed E-state index contributed by atoms with van der Waals surface area (Å²) in [5.41, 5.74) is 2.71. The summed E-state index contributed by atoms with van der Waals surface area (Å²) >= 11 is 0. The Morgan fingerprint density at radius 3 is 2.88 bits per heavy atom. The summed E-state index contributed by atoms with van der Waals surface area (Å²) in [6.45, 7) is 3.35. The molecule has 3 atom stereocenters. The standard InChI is InChI=1S/C16H21N/c1-2-12-4-3-5-16(10-12)17-11-15-9-13-6-7-14(15)8-13/h3-7,10,13-15,17H,2,8-9,11H2,1H3. The second-order valence-electron chi connectivity index (χ2n) is 5.48. The van der Waals surface area contributed by atoms with Gasteiger partial charge in [0.2, 0.25) is 0 Å². The highest BCUT2D eigenvalue weighted by Crippen LogP contribution is 2.43. The molecule has 1 N–H and O–H groups in total. The van der Waals surface area contributed by atoms with E-state index in [2.05, 4.69) is 48.7 Å². The first-order chi connectivity index (χ1) is 8.35. The van der Waals surface area contributed by atoms with E-state index in [4.69, 9.17) is 0 Å². The zero-order chi connectivity index (χ0) is 11.7. The van der Waals surface area contributed by atoms with Gasteiger partial charge in [0, 0.05) is 12.2 Å². The van der Waals surface area contributed by atoms with Crippen molar-refractivity contribution in [1.29, 1.82) is 0 Å². The van der Waals surface area contributed by atoms with Crippen LogP contribution >= 0.6 is 0 Å². The van der Waals surface area contributed by atoms with Gasteiger partial charge >= 0.3 is 0 Å². The van der Waals surface area contributed by atoms with Gasteiger partial charge in [-0.15, -0.1) is 0 Å². The van der Waals surface area contributed by atoms with Crippen molar-refractivity contribution in [2.24, 2.45) is 17.8 Å². The van der Waals surface area contributed by atoms with Gasteiger partial charge in [-0.2, -0.15) is 0 Å². The molecule has 1 fully saturated rings. The smallest absolute Gasteiger partial charge is 0.0343 e. The zero-order valence-electron chi connectivity index (χ0n) is 10.5. The van der Waals surface area contributed by atoms with Crippen molar-refractivity contribution in [3.8, 4) is 0 Å². The Morgan fingerprint density at radius 2 is 2.18 bits per heavy atom. The monoisotopic (exact) mass is 227 g/mol. The summed E-state index contributed by atoms with van der Waals surface area (Å²) in [6, 6.07) is 8.82. The van der Waals surface area contributed by atoms with Crippen LogP contribution in [0.2, 0.25) is 0 Å². The van der Waals surface area contributed by atoms with Gasteiger partial charge in [0.15, 0.2) is 0 Å². The minimum atomic E-state index is 0.849. The van der Waals surface area contributed by atoms with Crippen LogP contribution in [0.4, 0.5) is 5.69 Å². The fourth-order valence-corrected chi connectivity index (χ4v) is 3.28. The van der Waals surface area contributed by atoms with Crippen LogP contribution in [0.1, 0.15) is 25.3 Å². The van der Waals surface area contributed by atoms with Gasteiger partial charge in [-0.1, -0.05) is 31.2 Å². The Morgan fingerprint density at radius 1 is 1.24 bits per heavy atom. The normalized spacial score (nSPS) is 29.8. The molecule has 2 bridgehead atoms. The predicted octanol–water partition coefficient (Wildman–Crippen LogP) is 3.87. The van der Waals surface area contributed by atoms with Crippen molar-refractivity contribution >= 4 is 5.69 Å². The predicted molar refractivity (Wildman–Crippen MR) is 73.2 cm³/mol. The molecule has 17 heavy (non-hydrogen) atoms. The number of hydrogen-bond acceptors (Lipinski definition) is 1. The molecule has 2 aliphatic rings. The number of benzene rings is 1. The van der Waals surface area contributed by atoms with Crippen molar-refractivity contribution in [3.63, 3.8) is 0 Å². The summed E-state index contributed by atoms with van der Waals surface area (Å²) in [7, 11) is 0. The van der Waals surface area contributed by atoms with Crippen LogP contribution in [0.5, 0.6) is 0 Å². The molecule has 2 aliphatic carbocycles. The number of rotatable bonds is 4. The number of anilines is 1. The summed E-state index contributed by atoms with van der Waals surface area (Å²) in [4.78, 5) is 0. The van der Waals surface area contributed by atoms with Gasteiger partial charge in [-0.3, -0.25) is 0 Å². The number of allylic oxidation sites excluding steroid dienone is 2. The molecule has 1 saturated carbocycles. The molecule has 3 rings (SSSR count). The Kier molecular flexibility index (Phi) is 2.92. The van der Waals surface area contributed by atoms with E-state index in [1.807, 2.05) is 0 Å². The summed E-state index contributed by atoms with van der Waals surface area (Å²) in [6.07, 6.45) is 8.76. The van der Waals surface area contributed by atoms with E-state index >= 15 is 0 Å². The lowest BCUT2D eigenvalue weighted by Crippen LogP contribution is -2.18. The topological polar surface area (TPSA) is 12.0 Å². The molecule has 0 aliphatic heterocycles. The largest absolute Gasteiger partial charge is 0.385 e. The maximum absolute atomic E-state index is 3.61. The Hall–Kier alpha value is -1.24. The molecule has 1 nitrogen and oxygen atoms in total. The van der Waals surface area contributed by atoms with E-state index in [1.165, 1.54) is 24.1 Å². The molecule has 0 amide bonds. The quantitative estimate of drug-likeness (QED) is 0.770. The molecular weight excluding hydrogens is 206 g/mol. The number of nitrogens with one attached hydrogen (secondary N) is 1. The van der Waals surface area contributed by atoms with E-state index in [0.717, 1.165) is 30.7 Å². The summed E-state index contributed by atoms with van der Waals surface area (Å²) < 4.78 is 0. The second kappa shape index (κ2) is 4.56. The summed E-state index contributed by atoms with van der Waals surface area (Å²) in [5, 5.41) is 3.61.